The molecule has 1 aliphatic carbocycles. The molecule has 4 nitrogen and oxygen atoms in total. The summed E-state index contributed by atoms with van der Waals surface area (Å²) >= 11 is 0. The Hall–Kier alpha value is -2.88. The molecule has 1 aliphatic rings. The molecule has 3 atom stereocenters. The number of benzene rings is 2. The van der Waals surface area contributed by atoms with Crippen molar-refractivity contribution in [1.29, 1.82) is 0 Å². The quantitative estimate of drug-likeness (QED) is 0.639. The standard InChI is InChI=1S/C24H25NO3/c1-16-10-12-20(26)15-22(16)19-7-5-8-21(14-19)28-17(2)25-23-9-4-3-6-18(23)11-13-24(25)27/h3-9,11,13-14,16-17,22H,10,12,15H2,1-2H3. The number of Topliss-reactive ketones (excluding diaryl/α,β-unsaturated/α-hetero) is 1. The highest BCUT2D eigenvalue weighted by molar-refractivity contribution is 5.80. The summed E-state index contributed by atoms with van der Waals surface area (Å²) in [6.45, 7) is 4.09. The zero-order valence-electron chi connectivity index (χ0n) is 16.3. The number of nitrogens with zero attached hydrogens (tertiary/aromatic N) is 1. The van der Waals surface area contributed by atoms with Gasteiger partial charge in [0.15, 0.2) is 6.23 Å². The molecule has 0 aliphatic heterocycles. The predicted molar refractivity (Wildman–Crippen MR) is 111 cm³/mol. The van der Waals surface area contributed by atoms with E-state index in [1.54, 1.807) is 10.6 Å². The molecule has 4 heteroatoms. The van der Waals surface area contributed by atoms with E-state index in [0.717, 1.165) is 28.6 Å². The molecule has 1 heterocycles. The summed E-state index contributed by atoms with van der Waals surface area (Å²) in [4.78, 5) is 24.4. The van der Waals surface area contributed by atoms with Gasteiger partial charge >= 0.3 is 0 Å². The van der Waals surface area contributed by atoms with Crippen LogP contribution >= 0.6 is 0 Å². The van der Waals surface area contributed by atoms with Gasteiger partial charge < -0.3 is 4.74 Å². The third-order valence-electron chi connectivity index (χ3n) is 5.81. The Kier molecular flexibility index (Phi) is 5.03. The fourth-order valence-electron chi connectivity index (χ4n) is 4.24. The summed E-state index contributed by atoms with van der Waals surface area (Å²) < 4.78 is 7.84. The average molecular weight is 375 g/mol. The number of fused-ring (bicyclic) bond motifs is 1. The maximum atomic E-state index is 12.5. The van der Waals surface area contributed by atoms with Crippen molar-refractivity contribution < 1.29 is 9.53 Å². The normalized spacial score (nSPS) is 20.9. The van der Waals surface area contributed by atoms with Crippen LogP contribution in [0.2, 0.25) is 0 Å². The van der Waals surface area contributed by atoms with Crippen LogP contribution in [0.5, 0.6) is 5.75 Å². The van der Waals surface area contributed by atoms with Crippen LogP contribution < -0.4 is 10.3 Å². The molecule has 28 heavy (non-hydrogen) atoms. The Labute approximate surface area is 164 Å². The minimum Gasteiger partial charge on any atom is -0.470 e. The molecule has 0 N–H and O–H groups in total. The van der Waals surface area contributed by atoms with Crippen LogP contribution in [0.3, 0.4) is 0 Å². The van der Waals surface area contributed by atoms with Gasteiger partial charge in [0.25, 0.3) is 5.56 Å². The summed E-state index contributed by atoms with van der Waals surface area (Å²) in [6, 6.07) is 19.2. The lowest BCUT2D eigenvalue weighted by molar-refractivity contribution is -0.121. The van der Waals surface area contributed by atoms with E-state index in [1.165, 1.54) is 0 Å². The number of ether oxygens (including phenoxy) is 1. The van der Waals surface area contributed by atoms with E-state index in [2.05, 4.69) is 13.0 Å². The van der Waals surface area contributed by atoms with Gasteiger partial charge in [0.05, 0.1) is 5.52 Å². The number of rotatable bonds is 4. The maximum absolute atomic E-state index is 12.5. The Balaban J connectivity index is 1.63. The molecule has 1 fully saturated rings. The molecular weight excluding hydrogens is 350 g/mol. The molecule has 144 valence electrons. The molecule has 0 saturated heterocycles. The monoisotopic (exact) mass is 375 g/mol. The third kappa shape index (κ3) is 3.59. The van der Waals surface area contributed by atoms with E-state index in [4.69, 9.17) is 4.74 Å². The number of aromatic nitrogens is 1. The van der Waals surface area contributed by atoms with Gasteiger partial charge in [-0.3, -0.25) is 14.2 Å². The topological polar surface area (TPSA) is 48.3 Å². The van der Waals surface area contributed by atoms with E-state index in [1.807, 2.05) is 55.5 Å². The minimum atomic E-state index is -0.445. The number of pyridine rings is 1. The van der Waals surface area contributed by atoms with E-state index in [-0.39, 0.29) is 11.5 Å². The molecule has 2 aromatic carbocycles. The van der Waals surface area contributed by atoms with Gasteiger partial charge in [0.1, 0.15) is 11.5 Å². The predicted octanol–water partition coefficient (Wildman–Crippen LogP) is 5.07. The Bertz CT molecular complexity index is 1070. The number of carbonyl (C=O) groups is 1. The SMILES string of the molecule is CC1CCC(=O)CC1c1cccc(OC(C)n2c(=O)ccc3ccccc32)c1. The van der Waals surface area contributed by atoms with Crippen molar-refractivity contribution in [3.05, 3.63) is 76.6 Å². The Morgan fingerprint density at radius 1 is 1.04 bits per heavy atom. The molecule has 4 rings (SSSR count). The van der Waals surface area contributed by atoms with Crippen molar-refractivity contribution in [1.82, 2.24) is 4.57 Å². The van der Waals surface area contributed by atoms with Crippen LogP contribution in [0, 0.1) is 5.92 Å². The summed E-state index contributed by atoms with van der Waals surface area (Å²) in [5, 5.41) is 1.00. The van der Waals surface area contributed by atoms with Gasteiger partial charge in [0, 0.05) is 18.9 Å². The van der Waals surface area contributed by atoms with Crippen LogP contribution in [0.4, 0.5) is 0 Å². The number of carbonyl (C=O) groups excluding carboxylic acids is 1. The first-order valence-corrected chi connectivity index (χ1v) is 9.91. The molecule has 3 aromatic rings. The van der Waals surface area contributed by atoms with Crippen molar-refractivity contribution >= 4 is 16.7 Å². The first-order chi connectivity index (χ1) is 13.5. The highest BCUT2D eigenvalue weighted by Gasteiger charge is 2.27. The summed E-state index contributed by atoms with van der Waals surface area (Å²) in [5.41, 5.74) is 1.90. The summed E-state index contributed by atoms with van der Waals surface area (Å²) in [6.07, 6.45) is 1.79. The van der Waals surface area contributed by atoms with E-state index >= 15 is 0 Å². The fraction of sp³-hybridized carbons (Fsp3) is 0.333. The lowest BCUT2D eigenvalue weighted by Crippen LogP contribution is -2.26. The molecule has 1 saturated carbocycles. The van der Waals surface area contributed by atoms with Crippen LogP contribution in [0.25, 0.3) is 10.9 Å². The highest BCUT2D eigenvalue weighted by atomic mass is 16.5. The smallest absolute Gasteiger partial charge is 0.253 e. The Morgan fingerprint density at radius 2 is 1.86 bits per heavy atom. The summed E-state index contributed by atoms with van der Waals surface area (Å²) in [5.74, 6) is 1.77. The second-order valence-corrected chi connectivity index (χ2v) is 7.76. The van der Waals surface area contributed by atoms with Gasteiger partial charge in [-0.15, -0.1) is 0 Å². The lowest BCUT2D eigenvalue weighted by Gasteiger charge is -2.28. The van der Waals surface area contributed by atoms with Crippen molar-refractivity contribution in [3.63, 3.8) is 0 Å². The van der Waals surface area contributed by atoms with Crippen LogP contribution in [0.1, 0.15) is 50.8 Å². The second kappa shape index (κ2) is 7.63. The molecule has 0 amide bonds. The first-order valence-electron chi connectivity index (χ1n) is 9.91. The summed E-state index contributed by atoms with van der Waals surface area (Å²) in [7, 11) is 0. The van der Waals surface area contributed by atoms with Gasteiger partial charge in [-0.2, -0.15) is 0 Å². The first kappa shape index (κ1) is 18.5. The zero-order valence-corrected chi connectivity index (χ0v) is 16.3. The molecular formula is C24H25NO3. The van der Waals surface area contributed by atoms with Crippen LogP contribution in [0.15, 0.2) is 65.5 Å². The molecule has 0 radical (unpaired) electrons. The number of hydrogen-bond donors (Lipinski definition) is 0. The Morgan fingerprint density at radius 3 is 2.71 bits per heavy atom. The number of ketones is 1. The zero-order chi connectivity index (χ0) is 19.7. The minimum absolute atomic E-state index is 0.0890. The van der Waals surface area contributed by atoms with Crippen molar-refractivity contribution in [2.75, 3.05) is 0 Å². The maximum Gasteiger partial charge on any atom is 0.253 e. The largest absolute Gasteiger partial charge is 0.470 e. The average Bonchev–Trinajstić information content (AvgIpc) is 2.69. The second-order valence-electron chi connectivity index (χ2n) is 7.76. The number of para-hydroxylation sites is 1. The fourth-order valence-corrected chi connectivity index (χ4v) is 4.24. The van der Waals surface area contributed by atoms with E-state index < -0.39 is 6.23 Å². The van der Waals surface area contributed by atoms with Gasteiger partial charge in [0.2, 0.25) is 0 Å². The molecule has 1 aromatic heterocycles. The van der Waals surface area contributed by atoms with E-state index in [0.29, 0.717) is 24.5 Å². The molecule has 0 bridgehead atoms. The molecule has 0 spiro atoms. The van der Waals surface area contributed by atoms with E-state index in [9.17, 15) is 9.59 Å². The third-order valence-corrected chi connectivity index (χ3v) is 5.81. The van der Waals surface area contributed by atoms with Crippen LogP contribution in [-0.2, 0) is 4.79 Å². The van der Waals surface area contributed by atoms with Crippen molar-refractivity contribution in [2.24, 2.45) is 5.92 Å². The van der Waals surface area contributed by atoms with Gasteiger partial charge in [-0.05, 0) is 60.4 Å². The van der Waals surface area contributed by atoms with Crippen LogP contribution in [-0.4, -0.2) is 10.4 Å². The molecule has 3 unspecified atom stereocenters. The van der Waals surface area contributed by atoms with Gasteiger partial charge in [-0.25, -0.2) is 0 Å². The van der Waals surface area contributed by atoms with Gasteiger partial charge in [-0.1, -0.05) is 37.3 Å². The lowest BCUT2D eigenvalue weighted by atomic mass is 9.76. The highest BCUT2D eigenvalue weighted by Crippen LogP contribution is 2.37. The van der Waals surface area contributed by atoms with Crippen molar-refractivity contribution in [2.45, 2.75) is 45.3 Å². The van der Waals surface area contributed by atoms with Crippen molar-refractivity contribution in [3.8, 4) is 5.75 Å². The number of hydrogen-bond acceptors (Lipinski definition) is 3.